The van der Waals surface area contributed by atoms with Crippen molar-refractivity contribution < 1.29 is 9.59 Å². The van der Waals surface area contributed by atoms with Crippen molar-refractivity contribution in [3.63, 3.8) is 0 Å². The summed E-state index contributed by atoms with van der Waals surface area (Å²) in [5.74, 6) is 1.31. The van der Waals surface area contributed by atoms with Crippen LogP contribution in [0.1, 0.15) is 5.69 Å². The Morgan fingerprint density at radius 3 is 1.68 bits per heavy atom. The van der Waals surface area contributed by atoms with E-state index in [0.29, 0.717) is 23.1 Å². The Kier molecular flexibility index (Phi) is 10.7. The minimum Gasteiger partial charge on any atom is -0.384 e. The number of pyridine rings is 2. The van der Waals surface area contributed by atoms with Gasteiger partial charge in [0.25, 0.3) is 0 Å². The highest BCUT2D eigenvalue weighted by Crippen LogP contribution is 2.01. The summed E-state index contributed by atoms with van der Waals surface area (Å²) >= 11 is 4.71. The number of hydrogen-bond donors (Lipinski definition) is 3. The highest BCUT2D eigenvalue weighted by molar-refractivity contribution is 6.66. The zero-order valence-corrected chi connectivity index (χ0v) is 14.3. The lowest BCUT2D eigenvalue weighted by Gasteiger charge is -1.97. The molecular formula is C17H20ClN5O2. The predicted molar refractivity (Wildman–Crippen MR) is 102 cm³/mol. The topological polar surface area (TPSA) is 138 Å². The Labute approximate surface area is 151 Å². The molecule has 0 aromatic carbocycles. The number of allylic oxidation sites excluding steroid dienone is 2. The number of ketones is 1. The number of nitrogens with two attached hydrogens (primary N) is 3. The largest absolute Gasteiger partial charge is 0.384 e. The molecule has 2 heterocycles. The molecule has 0 atom stereocenters. The minimum atomic E-state index is -0.509. The van der Waals surface area contributed by atoms with Crippen molar-refractivity contribution in [1.82, 2.24) is 9.97 Å². The minimum absolute atomic E-state index is 0.0481. The van der Waals surface area contributed by atoms with Gasteiger partial charge in [-0.15, -0.1) is 0 Å². The van der Waals surface area contributed by atoms with Gasteiger partial charge in [0.05, 0.1) is 12.1 Å². The van der Waals surface area contributed by atoms with E-state index in [1.54, 1.807) is 36.4 Å². The Balaban J connectivity index is 0.000000382. The third-order valence-electron chi connectivity index (χ3n) is 2.36. The van der Waals surface area contributed by atoms with Gasteiger partial charge < -0.3 is 17.2 Å². The van der Waals surface area contributed by atoms with E-state index in [9.17, 15) is 9.59 Å². The average Bonchev–Trinajstić information content (AvgIpc) is 2.55. The number of carbonyl (C=O) groups is 2. The van der Waals surface area contributed by atoms with Crippen molar-refractivity contribution in [2.75, 3.05) is 17.2 Å². The molecule has 0 aliphatic rings. The first kappa shape index (κ1) is 21.8. The van der Waals surface area contributed by atoms with Gasteiger partial charge in [-0.05, 0) is 48.0 Å². The maximum absolute atomic E-state index is 10.9. The van der Waals surface area contributed by atoms with E-state index in [-0.39, 0.29) is 12.2 Å². The number of hydrogen-bond acceptors (Lipinski definition) is 7. The van der Waals surface area contributed by atoms with E-state index in [0.717, 1.165) is 6.08 Å². The van der Waals surface area contributed by atoms with Crippen LogP contribution in [0.25, 0.3) is 0 Å². The van der Waals surface area contributed by atoms with Crippen LogP contribution >= 0.6 is 11.6 Å². The normalized spacial score (nSPS) is 8.68. The summed E-state index contributed by atoms with van der Waals surface area (Å²) in [4.78, 5) is 28.1. The van der Waals surface area contributed by atoms with E-state index >= 15 is 0 Å². The van der Waals surface area contributed by atoms with Crippen LogP contribution in [0.3, 0.4) is 0 Å². The molecule has 7 nitrogen and oxygen atoms in total. The lowest BCUT2D eigenvalue weighted by molar-refractivity contribution is -0.114. The van der Waals surface area contributed by atoms with Gasteiger partial charge >= 0.3 is 0 Å². The summed E-state index contributed by atoms with van der Waals surface area (Å²) in [6, 6.07) is 10.4. The van der Waals surface area contributed by atoms with Crippen LogP contribution in [0.2, 0.25) is 0 Å². The summed E-state index contributed by atoms with van der Waals surface area (Å²) < 4.78 is 0. The fourth-order valence-electron chi connectivity index (χ4n) is 1.32. The second-order valence-corrected chi connectivity index (χ2v) is 4.77. The smallest absolute Gasteiger partial charge is 0.244 e. The Morgan fingerprint density at radius 1 is 0.920 bits per heavy atom. The Morgan fingerprint density at radius 2 is 1.36 bits per heavy atom. The number of anilines is 3. The van der Waals surface area contributed by atoms with E-state index in [1.165, 1.54) is 6.08 Å². The molecule has 0 radical (unpaired) electrons. The molecule has 0 saturated carbocycles. The summed E-state index contributed by atoms with van der Waals surface area (Å²) in [5, 5.41) is -0.509. The number of nitrogen functional groups attached to an aromatic ring is 3. The summed E-state index contributed by atoms with van der Waals surface area (Å²) in [6.07, 6.45) is 2.60. The predicted octanol–water partition coefficient (Wildman–Crippen LogP) is 2.15. The van der Waals surface area contributed by atoms with E-state index in [4.69, 9.17) is 28.8 Å². The van der Waals surface area contributed by atoms with Crippen LogP contribution in [0.5, 0.6) is 0 Å². The zero-order valence-electron chi connectivity index (χ0n) is 13.6. The van der Waals surface area contributed by atoms with Gasteiger partial charge in [0.15, 0.2) is 5.78 Å². The monoisotopic (exact) mass is 361 g/mol. The third-order valence-corrected chi connectivity index (χ3v) is 2.52. The molecule has 8 heteroatoms. The van der Waals surface area contributed by atoms with Gasteiger partial charge in [0.1, 0.15) is 17.5 Å². The van der Waals surface area contributed by atoms with Gasteiger partial charge in [-0.1, -0.05) is 25.3 Å². The SMILES string of the molecule is C=CC(=O)Cc1cccc(N)n1.C=CC(=O)Cl.Nc1cccc(N)n1. The Bertz CT molecular complexity index is 717. The van der Waals surface area contributed by atoms with E-state index in [2.05, 4.69) is 23.1 Å². The van der Waals surface area contributed by atoms with Crippen molar-refractivity contribution in [3.8, 4) is 0 Å². The van der Waals surface area contributed by atoms with Gasteiger partial charge in [0, 0.05) is 0 Å². The van der Waals surface area contributed by atoms with Gasteiger partial charge in [0.2, 0.25) is 5.24 Å². The van der Waals surface area contributed by atoms with E-state index < -0.39 is 5.24 Å². The molecule has 0 bridgehead atoms. The first-order chi connectivity index (χ1) is 11.8. The molecule has 0 unspecified atom stereocenters. The van der Waals surface area contributed by atoms with Crippen LogP contribution < -0.4 is 17.2 Å². The summed E-state index contributed by atoms with van der Waals surface area (Å²) in [5.41, 5.74) is 16.6. The van der Waals surface area contributed by atoms with Crippen LogP contribution in [0.4, 0.5) is 17.5 Å². The number of halogens is 1. The molecule has 0 spiro atoms. The molecule has 0 aliphatic carbocycles. The molecule has 0 amide bonds. The van der Waals surface area contributed by atoms with Crippen molar-refractivity contribution >= 4 is 40.1 Å². The van der Waals surface area contributed by atoms with Gasteiger partial charge in [-0.3, -0.25) is 9.59 Å². The molecule has 2 aromatic rings. The molecule has 132 valence electrons. The molecule has 0 aliphatic heterocycles. The fourth-order valence-corrected chi connectivity index (χ4v) is 1.32. The zero-order chi connectivity index (χ0) is 19.2. The number of rotatable bonds is 4. The molecule has 25 heavy (non-hydrogen) atoms. The average molecular weight is 362 g/mol. The fraction of sp³-hybridized carbons (Fsp3) is 0.0588. The lowest BCUT2D eigenvalue weighted by Crippen LogP contribution is -2.01. The number of nitrogens with zero attached hydrogens (tertiary/aromatic N) is 2. The van der Waals surface area contributed by atoms with Crippen molar-refractivity contribution in [3.05, 3.63) is 67.4 Å². The van der Waals surface area contributed by atoms with Gasteiger partial charge in [-0.2, -0.15) is 0 Å². The summed E-state index contributed by atoms with van der Waals surface area (Å²) in [7, 11) is 0. The van der Waals surface area contributed by atoms with Crippen LogP contribution in [0.15, 0.2) is 61.7 Å². The first-order valence-corrected chi connectivity index (χ1v) is 7.32. The molecule has 0 fully saturated rings. The molecule has 0 saturated heterocycles. The standard InChI is InChI=1S/C9H10N2O.C5H7N3.C3H3ClO/c1-2-8(12)6-7-4-3-5-9(10)11-7;6-4-2-1-3-5(7)8-4;1-2-3(4)5/h2-5H,1,6H2,(H2,10,11);1-3H,(H4,6,7,8);2H,1H2. The van der Waals surface area contributed by atoms with Gasteiger partial charge in [-0.25, -0.2) is 9.97 Å². The first-order valence-electron chi connectivity index (χ1n) is 6.95. The quantitative estimate of drug-likeness (QED) is 0.560. The molecule has 6 N–H and O–H groups in total. The Hall–Kier alpha value is -3.19. The number of aromatic nitrogens is 2. The summed E-state index contributed by atoms with van der Waals surface area (Å²) in [6.45, 7) is 6.45. The van der Waals surface area contributed by atoms with E-state index in [1.807, 2.05) is 0 Å². The van der Waals surface area contributed by atoms with Crippen LogP contribution in [-0.4, -0.2) is 21.0 Å². The maximum atomic E-state index is 10.9. The second kappa shape index (κ2) is 12.3. The molecular weight excluding hydrogens is 342 g/mol. The maximum Gasteiger partial charge on any atom is 0.244 e. The molecule has 2 rings (SSSR count). The van der Waals surface area contributed by atoms with Crippen LogP contribution in [0, 0.1) is 0 Å². The highest BCUT2D eigenvalue weighted by Gasteiger charge is 1.99. The highest BCUT2D eigenvalue weighted by atomic mass is 35.5. The van der Waals surface area contributed by atoms with Crippen molar-refractivity contribution in [2.45, 2.75) is 6.42 Å². The van der Waals surface area contributed by atoms with Crippen molar-refractivity contribution in [1.29, 1.82) is 0 Å². The number of carbonyl (C=O) groups excluding carboxylic acids is 2. The second-order valence-electron chi connectivity index (χ2n) is 4.40. The van der Waals surface area contributed by atoms with Crippen LogP contribution in [-0.2, 0) is 16.0 Å². The van der Waals surface area contributed by atoms with Crippen molar-refractivity contribution in [2.24, 2.45) is 0 Å². The third kappa shape index (κ3) is 12.0. The lowest BCUT2D eigenvalue weighted by atomic mass is 10.2. The molecule has 2 aromatic heterocycles.